The second-order valence-electron chi connectivity index (χ2n) is 6.21. The molecule has 0 aromatic heterocycles. The fraction of sp³-hybridized carbons (Fsp3) is 0.300. The van der Waals surface area contributed by atoms with Crippen LogP contribution in [0.1, 0.15) is 41.2 Å². The van der Waals surface area contributed by atoms with Gasteiger partial charge in [-0.25, -0.2) is 0 Å². The van der Waals surface area contributed by atoms with E-state index in [1.807, 2.05) is 35.2 Å². The highest BCUT2D eigenvalue weighted by atomic mass is 35.5. The van der Waals surface area contributed by atoms with E-state index in [4.69, 9.17) is 11.6 Å². The van der Waals surface area contributed by atoms with Crippen molar-refractivity contribution in [3.63, 3.8) is 0 Å². The zero-order valence-corrected chi connectivity index (χ0v) is 14.7. The van der Waals surface area contributed by atoms with Crippen molar-refractivity contribution in [3.05, 3.63) is 70.7 Å². The van der Waals surface area contributed by atoms with Gasteiger partial charge in [0.2, 0.25) is 5.91 Å². The summed E-state index contributed by atoms with van der Waals surface area (Å²) in [6.07, 6.45) is 2.35. The van der Waals surface area contributed by atoms with Gasteiger partial charge in [0.1, 0.15) is 0 Å². The molecule has 1 fully saturated rings. The molecule has 3 rings (SSSR count). The molecule has 1 heterocycles. The van der Waals surface area contributed by atoms with Gasteiger partial charge in [-0.15, -0.1) is 0 Å². The van der Waals surface area contributed by atoms with Gasteiger partial charge in [-0.05, 0) is 30.5 Å². The molecule has 5 heteroatoms. The van der Waals surface area contributed by atoms with Crippen molar-refractivity contribution in [2.24, 2.45) is 0 Å². The Hall–Kier alpha value is -2.33. The highest BCUT2D eigenvalue weighted by molar-refractivity contribution is 6.33. The summed E-state index contributed by atoms with van der Waals surface area (Å²) in [5.74, 6) is -0.195. The van der Waals surface area contributed by atoms with Crippen LogP contribution >= 0.6 is 11.6 Å². The Morgan fingerprint density at radius 1 is 1.00 bits per heavy atom. The summed E-state index contributed by atoms with van der Waals surface area (Å²) in [5, 5.41) is 3.37. The van der Waals surface area contributed by atoms with Crippen LogP contribution < -0.4 is 5.32 Å². The number of rotatable bonds is 5. The fourth-order valence-corrected chi connectivity index (χ4v) is 3.31. The average molecular weight is 357 g/mol. The predicted molar refractivity (Wildman–Crippen MR) is 98.5 cm³/mol. The van der Waals surface area contributed by atoms with E-state index in [-0.39, 0.29) is 24.3 Å². The summed E-state index contributed by atoms with van der Waals surface area (Å²) >= 11 is 6.12. The molecule has 1 saturated heterocycles. The Bertz CT molecular complexity index is 742. The van der Waals surface area contributed by atoms with E-state index < -0.39 is 0 Å². The highest BCUT2D eigenvalue weighted by Crippen LogP contribution is 2.22. The van der Waals surface area contributed by atoms with Crippen LogP contribution in [0.5, 0.6) is 0 Å². The van der Waals surface area contributed by atoms with Gasteiger partial charge in [0.05, 0.1) is 23.0 Å². The van der Waals surface area contributed by atoms with E-state index in [1.165, 1.54) is 0 Å². The topological polar surface area (TPSA) is 49.4 Å². The van der Waals surface area contributed by atoms with Crippen LogP contribution in [0.15, 0.2) is 54.6 Å². The molecule has 25 heavy (non-hydrogen) atoms. The van der Waals surface area contributed by atoms with Crippen molar-refractivity contribution in [2.45, 2.75) is 25.3 Å². The number of carbonyl (C=O) groups excluding carboxylic acids is 2. The number of benzene rings is 2. The Kier molecular flexibility index (Phi) is 5.71. The minimum absolute atomic E-state index is 0.0748. The molecule has 1 N–H and O–H groups in total. The Morgan fingerprint density at radius 2 is 1.64 bits per heavy atom. The summed E-state index contributed by atoms with van der Waals surface area (Å²) in [7, 11) is 0. The lowest BCUT2D eigenvalue weighted by Crippen LogP contribution is -2.35. The molecule has 2 aromatic rings. The van der Waals surface area contributed by atoms with Crippen LogP contribution in [-0.2, 0) is 4.79 Å². The largest absolute Gasteiger partial charge is 0.345 e. The van der Waals surface area contributed by atoms with Gasteiger partial charge in [-0.1, -0.05) is 54.1 Å². The number of carbonyl (C=O) groups is 2. The first-order chi connectivity index (χ1) is 12.1. The van der Waals surface area contributed by atoms with Crippen molar-refractivity contribution in [1.29, 1.82) is 0 Å². The molecule has 2 aromatic carbocycles. The summed E-state index contributed by atoms with van der Waals surface area (Å²) in [6, 6.07) is 16.1. The summed E-state index contributed by atoms with van der Waals surface area (Å²) < 4.78 is 0. The quantitative estimate of drug-likeness (QED) is 0.885. The molecule has 1 aliphatic rings. The van der Waals surface area contributed by atoms with E-state index >= 15 is 0 Å². The Balaban J connectivity index is 1.78. The van der Waals surface area contributed by atoms with Crippen molar-refractivity contribution < 1.29 is 9.59 Å². The van der Waals surface area contributed by atoms with Crippen LogP contribution in [0.4, 0.5) is 0 Å². The van der Waals surface area contributed by atoms with Crippen LogP contribution in [-0.4, -0.2) is 29.8 Å². The zero-order chi connectivity index (χ0) is 17.6. The molecule has 1 atom stereocenters. The lowest BCUT2D eigenvalue weighted by Gasteiger charge is -2.22. The van der Waals surface area contributed by atoms with Crippen LogP contribution in [0, 0.1) is 0 Å². The number of likely N-dealkylation sites (tertiary alicyclic amines) is 1. The van der Waals surface area contributed by atoms with Crippen molar-refractivity contribution in [3.8, 4) is 0 Å². The molecule has 1 aliphatic heterocycles. The second kappa shape index (κ2) is 8.17. The standard InChI is InChI=1S/C20H21ClN2O2/c21-17-11-5-4-10-16(17)20(25)22-18(15-8-2-1-3-9-15)14-19(24)23-12-6-7-13-23/h1-5,8-11,18H,6-7,12-14H2,(H,22,25)/t18-/m1/s1. The average Bonchev–Trinajstić information content (AvgIpc) is 3.17. The first-order valence-corrected chi connectivity index (χ1v) is 8.91. The Morgan fingerprint density at radius 3 is 2.32 bits per heavy atom. The fourth-order valence-electron chi connectivity index (χ4n) is 3.09. The molecule has 0 aliphatic carbocycles. The number of halogens is 1. The first-order valence-electron chi connectivity index (χ1n) is 8.53. The van der Waals surface area contributed by atoms with Crippen molar-refractivity contribution in [2.75, 3.05) is 13.1 Å². The van der Waals surface area contributed by atoms with Crippen LogP contribution in [0.3, 0.4) is 0 Å². The first kappa shape index (κ1) is 17.5. The number of nitrogens with one attached hydrogen (secondary N) is 1. The molecule has 0 radical (unpaired) electrons. The molecule has 0 saturated carbocycles. The third-order valence-electron chi connectivity index (χ3n) is 4.46. The number of nitrogens with zero attached hydrogens (tertiary/aromatic N) is 1. The van der Waals surface area contributed by atoms with Gasteiger partial charge in [0.25, 0.3) is 5.91 Å². The molecular weight excluding hydrogens is 336 g/mol. The van der Waals surface area contributed by atoms with E-state index in [9.17, 15) is 9.59 Å². The van der Waals surface area contributed by atoms with Crippen LogP contribution in [0.2, 0.25) is 5.02 Å². The number of amides is 2. The van der Waals surface area contributed by atoms with Gasteiger partial charge >= 0.3 is 0 Å². The number of hydrogen-bond donors (Lipinski definition) is 1. The maximum atomic E-state index is 12.6. The second-order valence-corrected chi connectivity index (χ2v) is 6.62. The molecule has 0 spiro atoms. The van der Waals surface area contributed by atoms with Gasteiger partial charge in [-0.2, -0.15) is 0 Å². The number of hydrogen-bond acceptors (Lipinski definition) is 2. The summed E-state index contributed by atoms with van der Waals surface area (Å²) in [5.41, 5.74) is 1.33. The molecule has 2 amide bonds. The minimum atomic E-state index is -0.377. The van der Waals surface area contributed by atoms with Crippen LogP contribution in [0.25, 0.3) is 0 Å². The van der Waals surface area contributed by atoms with E-state index in [2.05, 4.69) is 5.32 Å². The zero-order valence-electron chi connectivity index (χ0n) is 14.0. The summed E-state index contributed by atoms with van der Waals surface area (Å²) in [4.78, 5) is 27.1. The van der Waals surface area contributed by atoms with Gasteiger partial charge in [0, 0.05) is 13.1 Å². The van der Waals surface area contributed by atoms with E-state index in [0.717, 1.165) is 31.5 Å². The maximum Gasteiger partial charge on any atom is 0.253 e. The molecule has 0 bridgehead atoms. The van der Waals surface area contributed by atoms with Crippen molar-refractivity contribution >= 4 is 23.4 Å². The normalized spacial score (nSPS) is 15.0. The maximum absolute atomic E-state index is 12.6. The summed E-state index contributed by atoms with van der Waals surface area (Å²) in [6.45, 7) is 1.61. The van der Waals surface area contributed by atoms with Gasteiger partial charge in [0.15, 0.2) is 0 Å². The van der Waals surface area contributed by atoms with E-state index in [1.54, 1.807) is 24.3 Å². The Labute approximate surface area is 152 Å². The SMILES string of the molecule is O=C(N[C@H](CC(=O)N1CCCC1)c1ccccc1)c1ccccc1Cl. The predicted octanol–water partition coefficient (Wildman–Crippen LogP) is 3.82. The minimum Gasteiger partial charge on any atom is -0.345 e. The third-order valence-corrected chi connectivity index (χ3v) is 4.79. The van der Waals surface area contributed by atoms with Crippen molar-refractivity contribution in [1.82, 2.24) is 10.2 Å². The molecule has 130 valence electrons. The monoisotopic (exact) mass is 356 g/mol. The van der Waals surface area contributed by atoms with E-state index in [0.29, 0.717) is 10.6 Å². The van der Waals surface area contributed by atoms with Gasteiger partial charge in [-0.3, -0.25) is 9.59 Å². The third kappa shape index (κ3) is 4.40. The molecular formula is C20H21ClN2O2. The molecule has 4 nitrogen and oxygen atoms in total. The smallest absolute Gasteiger partial charge is 0.253 e. The highest BCUT2D eigenvalue weighted by Gasteiger charge is 2.24. The molecule has 0 unspecified atom stereocenters. The lowest BCUT2D eigenvalue weighted by atomic mass is 10.0. The lowest BCUT2D eigenvalue weighted by molar-refractivity contribution is -0.130. The van der Waals surface area contributed by atoms with Gasteiger partial charge < -0.3 is 10.2 Å².